The summed E-state index contributed by atoms with van der Waals surface area (Å²) in [6.45, 7) is 1.84. The van der Waals surface area contributed by atoms with E-state index < -0.39 is 11.6 Å². The number of carbonyl (C=O) groups excluding carboxylic acids is 1. The third-order valence-corrected chi connectivity index (χ3v) is 3.40. The van der Waals surface area contributed by atoms with Crippen molar-refractivity contribution in [1.29, 1.82) is 0 Å². The first-order valence-electron chi connectivity index (χ1n) is 7.25. The number of hydrogen-bond acceptors (Lipinski definition) is 3. The minimum absolute atomic E-state index is 0.164. The molecule has 4 heteroatoms. The van der Waals surface area contributed by atoms with E-state index in [1.54, 1.807) is 6.92 Å². The summed E-state index contributed by atoms with van der Waals surface area (Å²) in [4.78, 5) is 11.9. The van der Waals surface area contributed by atoms with Gasteiger partial charge in [-0.2, -0.15) is 0 Å². The smallest absolute Gasteiger partial charge is 0.407 e. The van der Waals surface area contributed by atoms with Gasteiger partial charge in [0.15, 0.2) is 0 Å². The largest absolute Gasteiger partial charge is 0.445 e. The fourth-order valence-electron chi connectivity index (χ4n) is 2.19. The molecule has 0 saturated heterocycles. The van der Waals surface area contributed by atoms with Gasteiger partial charge in [0.25, 0.3) is 0 Å². The standard InChI is InChI=1S/C18H21NO3/c1-18(14-20,12-15-8-4-2-5-9-15)19-17(21)22-13-16-10-6-3-7-11-16/h2-11,20H,12-14H2,1H3,(H,19,21). The van der Waals surface area contributed by atoms with E-state index in [-0.39, 0.29) is 13.2 Å². The van der Waals surface area contributed by atoms with Crippen molar-refractivity contribution >= 4 is 6.09 Å². The molecule has 2 aromatic carbocycles. The molecule has 0 aliphatic rings. The van der Waals surface area contributed by atoms with E-state index in [0.29, 0.717) is 6.42 Å². The summed E-state index contributed by atoms with van der Waals surface area (Å²) in [5.74, 6) is 0. The number of hydrogen-bond donors (Lipinski definition) is 2. The van der Waals surface area contributed by atoms with Gasteiger partial charge in [0, 0.05) is 0 Å². The summed E-state index contributed by atoms with van der Waals surface area (Å²) in [6.07, 6.45) is 0.00134. The van der Waals surface area contributed by atoms with E-state index in [1.165, 1.54) is 0 Å². The van der Waals surface area contributed by atoms with Crippen LogP contribution in [0.2, 0.25) is 0 Å². The van der Waals surface area contributed by atoms with Gasteiger partial charge < -0.3 is 15.2 Å². The SMILES string of the molecule is CC(CO)(Cc1ccccc1)NC(=O)OCc1ccccc1. The molecule has 0 radical (unpaired) electrons. The van der Waals surface area contributed by atoms with Crippen LogP contribution in [0, 0.1) is 0 Å². The summed E-state index contributed by atoms with van der Waals surface area (Å²) in [7, 11) is 0. The number of benzene rings is 2. The fraction of sp³-hybridized carbons (Fsp3) is 0.278. The Kier molecular flexibility index (Phi) is 5.55. The molecular formula is C18H21NO3. The Balaban J connectivity index is 1.89. The number of amides is 1. The van der Waals surface area contributed by atoms with Crippen molar-refractivity contribution in [2.45, 2.75) is 25.5 Å². The van der Waals surface area contributed by atoms with E-state index in [0.717, 1.165) is 11.1 Å². The summed E-state index contributed by atoms with van der Waals surface area (Å²) >= 11 is 0. The van der Waals surface area contributed by atoms with Crippen LogP contribution in [0.1, 0.15) is 18.1 Å². The second-order valence-electron chi connectivity index (χ2n) is 5.57. The lowest BCUT2D eigenvalue weighted by Gasteiger charge is -2.28. The summed E-state index contributed by atoms with van der Waals surface area (Å²) < 4.78 is 5.20. The van der Waals surface area contributed by atoms with Gasteiger partial charge in [-0.25, -0.2) is 4.79 Å². The zero-order valence-electron chi connectivity index (χ0n) is 12.7. The van der Waals surface area contributed by atoms with Gasteiger partial charge in [0.2, 0.25) is 0 Å². The molecule has 0 heterocycles. The second-order valence-corrected chi connectivity index (χ2v) is 5.57. The van der Waals surface area contributed by atoms with Gasteiger partial charge in [0.1, 0.15) is 6.61 Å². The lowest BCUT2D eigenvalue weighted by molar-refractivity contribution is 0.111. The first-order valence-corrected chi connectivity index (χ1v) is 7.25. The van der Waals surface area contributed by atoms with Gasteiger partial charge in [-0.3, -0.25) is 0 Å². The maximum atomic E-state index is 11.9. The van der Waals surface area contributed by atoms with Crippen LogP contribution in [0.4, 0.5) is 4.79 Å². The van der Waals surface area contributed by atoms with E-state index >= 15 is 0 Å². The quantitative estimate of drug-likeness (QED) is 0.862. The maximum absolute atomic E-state index is 11.9. The van der Waals surface area contributed by atoms with Crippen LogP contribution in [-0.2, 0) is 17.8 Å². The molecule has 1 amide bonds. The third kappa shape index (κ3) is 4.90. The molecule has 22 heavy (non-hydrogen) atoms. The average Bonchev–Trinajstić information content (AvgIpc) is 2.55. The van der Waals surface area contributed by atoms with E-state index in [9.17, 15) is 9.90 Å². The van der Waals surface area contributed by atoms with Crippen molar-refractivity contribution in [2.75, 3.05) is 6.61 Å². The van der Waals surface area contributed by atoms with Crippen LogP contribution in [0.5, 0.6) is 0 Å². The zero-order valence-corrected chi connectivity index (χ0v) is 12.7. The number of ether oxygens (including phenoxy) is 1. The number of alkyl carbamates (subject to hydrolysis) is 1. The Bertz CT molecular complexity index is 586. The Labute approximate surface area is 130 Å². The highest BCUT2D eigenvalue weighted by Crippen LogP contribution is 2.13. The molecule has 2 rings (SSSR count). The Morgan fingerprint density at radius 1 is 1.05 bits per heavy atom. The molecule has 1 unspecified atom stereocenters. The molecule has 0 bridgehead atoms. The summed E-state index contributed by atoms with van der Waals surface area (Å²) in [6, 6.07) is 19.2. The zero-order chi connectivity index (χ0) is 15.8. The molecule has 2 N–H and O–H groups in total. The van der Waals surface area contributed by atoms with Crippen molar-refractivity contribution in [3.63, 3.8) is 0 Å². The average molecular weight is 299 g/mol. The van der Waals surface area contributed by atoms with Crippen molar-refractivity contribution in [1.82, 2.24) is 5.32 Å². The van der Waals surface area contributed by atoms with Gasteiger partial charge in [-0.05, 0) is 24.5 Å². The molecule has 0 aromatic heterocycles. The number of aliphatic hydroxyl groups excluding tert-OH is 1. The molecule has 0 spiro atoms. The monoisotopic (exact) mass is 299 g/mol. The number of aliphatic hydroxyl groups is 1. The third-order valence-electron chi connectivity index (χ3n) is 3.40. The van der Waals surface area contributed by atoms with Gasteiger partial charge in [0.05, 0.1) is 12.1 Å². The maximum Gasteiger partial charge on any atom is 0.407 e. The summed E-state index contributed by atoms with van der Waals surface area (Å²) in [5, 5.41) is 12.4. The number of carbonyl (C=O) groups is 1. The first kappa shape index (κ1) is 16.0. The molecule has 1 atom stereocenters. The minimum atomic E-state index is -0.755. The molecule has 4 nitrogen and oxygen atoms in total. The molecule has 0 aliphatic carbocycles. The van der Waals surface area contributed by atoms with Crippen LogP contribution in [0.25, 0.3) is 0 Å². The van der Waals surface area contributed by atoms with Gasteiger partial charge in [-0.15, -0.1) is 0 Å². The minimum Gasteiger partial charge on any atom is -0.445 e. The number of rotatable bonds is 6. The lowest BCUT2D eigenvalue weighted by Crippen LogP contribution is -2.50. The fourth-order valence-corrected chi connectivity index (χ4v) is 2.19. The molecule has 0 fully saturated rings. The Morgan fingerprint density at radius 2 is 1.59 bits per heavy atom. The Morgan fingerprint density at radius 3 is 2.14 bits per heavy atom. The normalized spacial score (nSPS) is 13.2. The molecule has 0 saturated carbocycles. The van der Waals surface area contributed by atoms with Crippen LogP contribution < -0.4 is 5.32 Å². The molecule has 2 aromatic rings. The predicted octanol–water partition coefficient (Wildman–Crippen LogP) is 2.91. The van der Waals surface area contributed by atoms with Crippen LogP contribution >= 0.6 is 0 Å². The van der Waals surface area contributed by atoms with Crippen LogP contribution in [0.15, 0.2) is 60.7 Å². The topological polar surface area (TPSA) is 58.6 Å². The van der Waals surface area contributed by atoms with Crippen molar-refractivity contribution in [3.8, 4) is 0 Å². The molecular weight excluding hydrogens is 278 g/mol. The summed E-state index contributed by atoms with van der Waals surface area (Å²) in [5.41, 5.74) is 1.21. The van der Waals surface area contributed by atoms with E-state index in [2.05, 4.69) is 5.32 Å². The van der Waals surface area contributed by atoms with Crippen LogP contribution in [-0.4, -0.2) is 23.3 Å². The highest BCUT2D eigenvalue weighted by Gasteiger charge is 2.26. The molecule has 116 valence electrons. The van der Waals surface area contributed by atoms with Crippen molar-refractivity contribution in [2.24, 2.45) is 0 Å². The second kappa shape index (κ2) is 7.61. The van der Waals surface area contributed by atoms with Crippen molar-refractivity contribution < 1.29 is 14.6 Å². The Hall–Kier alpha value is -2.33. The van der Waals surface area contributed by atoms with Crippen LogP contribution in [0.3, 0.4) is 0 Å². The highest BCUT2D eigenvalue weighted by molar-refractivity contribution is 5.68. The molecule has 0 aliphatic heterocycles. The van der Waals surface area contributed by atoms with E-state index in [1.807, 2.05) is 60.7 Å². The lowest BCUT2D eigenvalue weighted by atomic mass is 9.94. The number of nitrogens with one attached hydrogen (secondary N) is 1. The van der Waals surface area contributed by atoms with Gasteiger partial charge in [-0.1, -0.05) is 60.7 Å². The predicted molar refractivity (Wildman–Crippen MR) is 85.4 cm³/mol. The van der Waals surface area contributed by atoms with Crippen molar-refractivity contribution in [3.05, 3.63) is 71.8 Å². The van der Waals surface area contributed by atoms with E-state index in [4.69, 9.17) is 4.74 Å². The van der Waals surface area contributed by atoms with Gasteiger partial charge >= 0.3 is 6.09 Å². The highest BCUT2D eigenvalue weighted by atomic mass is 16.5. The first-order chi connectivity index (χ1) is 10.6.